The van der Waals surface area contributed by atoms with Crippen molar-refractivity contribution >= 4 is 31.8 Å². The van der Waals surface area contributed by atoms with Crippen molar-refractivity contribution in [3.05, 3.63) is 57.4 Å². The fourth-order valence-corrected chi connectivity index (χ4v) is 3.27. The van der Waals surface area contributed by atoms with Crippen molar-refractivity contribution in [2.75, 3.05) is 7.11 Å². The highest BCUT2D eigenvalue weighted by Gasteiger charge is 2.20. The van der Waals surface area contributed by atoms with Gasteiger partial charge >= 0.3 is 0 Å². The molecule has 23 heavy (non-hydrogen) atoms. The van der Waals surface area contributed by atoms with Crippen LogP contribution in [0, 0.1) is 11.3 Å². The smallest absolute Gasteiger partial charge is 0.216 e. The molecular formula is C16H12BrNO4S. The van der Waals surface area contributed by atoms with Gasteiger partial charge in [0.2, 0.25) is 9.84 Å². The van der Waals surface area contributed by atoms with Crippen LogP contribution in [-0.2, 0) is 9.84 Å². The largest absolute Gasteiger partial charge is 0.504 e. The zero-order valence-corrected chi connectivity index (χ0v) is 14.4. The van der Waals surface area contributed by atoms with Crippen LogP contribution in [0.4, 0.5) is 0 Å². The van der Waals surface area contributed by atoms with E-state index in [1.165, 1.54) is 43.5 Å². The molecule has 0 aliphatic carbocycles. The van der Waals surface area contributed by atoms with Gasteiger partial charge in [0, 0.05) is 4.47 Å². The highest BCUT2D eigenvalue weighted by Crippen LogP contribution is 2.29. The molecule has 0 aromatic heterocycles. The third-order valence-electron chi connectivity index (χ3n) is 3.03. The van der Waals surface area contributed by atoms with Crippen LogP contribution in [0.2, 0.25) is 0 Å². The van der Waals surface area contributed by atoms with Crippen LogP contribution in [0.1, 0.15) is 5.56 Å². The number of ether oxygens (including phenoxy) is 1. The highest BCUT2D eigenvalue weighted by atomic mass is 79.9. The molecule has 7 heteroatoms. The predicted octanol–water partition coefficient (Wildman–Crippen LogP) is 3.50. The minimum Gasteiger partial charge on any atom is -0.504 e. The average molecular weight is 394 g/mol. The number of nitriles is 1. The SMILES string of the molecule is COc1cc(/C=C(\C#N)S(=O)(=O)c2ccc(Br)cc2)ccc1O. The number of rotatable bonds is 4. The summed E-state index contributed by atoms with van der Waals surface area (Å²) in [6.45, 7) is 0. The summed E-state index contributed by atoms with van der Waals surface area (Å²) in [5.41, 5.74) is 0.428. The van der Waals surface area contributed by atoms with E-state index in [-0.39, 0.29) is 16.4 Å². The third-order valence-corrected chi connectivity index (χ3v) is 5.23. The molecule has 5 nitrogen and oxygen atoms in total. The van der Waals surface area contributed by atoms with Gasteiger partial charge in [-0.05, 0) is 48.0 Å². The molecule has 2 aromatic carbocycles. The zero-order valence-electron chi connectivity index (χ0n) is 12.0. The molecule has 0 radical (unpaired) electrons. The van der Waals surface area contributed by atoms with Gasteiger partial charge in [0.25, 0.3) is 0 Å². The Bertz CT molecular complexity index is 897. The van der Waals surface area contributed by atoms with Gasteiger partial charge in [0.05, 0.1) is 12.0 Å². The van der Waals surface area contributed by atoms with Gasteiger partial charge in [-0.25, -0.2) is 8.42 Å². The Kier molecular flexibility index (Phi) is 5.08. The summed E-state index contributed by atoms with van der Waals surface area (Å²) < 4.78 is 30.7. The van der Waals surface area contributed by atoms with Crippen molar-refractivity contribution in [1.82, 2.24) is 0 Å². The second-order valence-electron chi connectivity index (χ2n) is 4.51. The molecule has 0 amide bonds. The molecule has 0 aliphatic rings. The van der Waals surface area contributed by atoms with E-state index < -0.39 is 14.7 Å². The van der Waals surface area contributed by atoms with Crippen LogP contribution in [0.25, 0.3) is 6.08 Å². The van der Waals surface area contributed by atoms with Crippen molar-refractivity contribution in [3.63, 3.8) is 0 Å². The monoisotopic (exact) mass is 393 g/mol. The molecule has 0 saturated heterocycles. The van der Waals surface area contributed by atoms with E-state index in [2.05, 4.69) is 15.9 Å². The Morgan fingerprint density at radius 1 is 1.26 bits per heavy atom. The first-order valence-corrected chi connectivity index (χ1v) is 8.65. The van der Waals surface area contributed by atoms with Gasteiger partial charge in [-0.2, -0.15) is 5.26 Å². The summed E-state index contributed by atoms with van der Waals surface area (Å²) in [4.78, 5) is -0.369. The van der Waals surface area contributed by atoms with Gasteiger partial charge in [-0.15, -0.1) is 0 Å². The predicted molar refractivity (Wildman–Crippen MR) is 89.6 cm³/mol. The number of methoxy groups -OCH3 is 1. The number of hydrogen-bond donors (Lipinski definition) is 1. The molecule has 0 unspecified atom stereocenters. The summed E-state index contributed by atoms with van der Waals surface area (Å²) in [6, 6.07) is 12.0. The van der Waals surface area contributed by atoms with E-state index in [1.807, 2.05) is 0 Å². The minimum atomic E-state index is -3.92. The lowest BCUT2D eigenvalue weighted by Gasteiger charge is -2.06. The first-order valence-electron chi connectivity index (χ1n) is 6.38. The first-order chi connectivity index (χ1) is 10.9. The van der Waals surface area contributed by atoms with Gasteiger partial charge in [0.15, 0.2) is 11.5 Å². The lowest BCUT2D eigenvalue weighted by molar-refractivity contribution is 0.373. The van der Waals surface area contributed by atoms with Gasteiger partial charge in [0.1, 0.15) is 11.0 Å². The molecule has 0 heterocycles. The number of sulfone groups is 1. The molecular weight excluding hydrogens is 382 g/mol. The number of benzene rings is 2. The standard InChI is InChI=1S/C16H12BrNO4S/c1-22-16-9-11(2-7-15(16)19)8-14(10-18)23(20,21)13-5-3-12(17)4-6-13/h2-9,19H,1H3/b14-8+. The number of phenols is 1. The van der Waals surface area contributed by atoms with Crippen LogP contribution in [0.5, 0.6) is 11.5 Å². The van der Waals surface area contributed by atoms with E-state index >= 15 is 0 Å². The van der Waals surface area contributed by atoms with E-state index in [0.29, 0.717) is 5.56 Å². The molecule has 0 saturated carbocycles. The van der Waals surface area contributed by atoms with E-state index in [4.69, 9.17) is 4.74 Å². The molecule has 2 aromatic rings. The molecule has 0 spiro atoms. The maximum absolute atomic E-state index is 12.5. The second kappa shape index (κ2) is 6.86. The number of halogens is 1. The number of hydrogen-bond acceptors (Lipinski definition) is 5. The van der Waals surface area contributed by atoms with E-state index in [0.717, 1.165) is 4.47 Å². The second-order valence-corrected chi connectivity index (χ2v) is 7.34. The average Bonchev–Trinajstić information content (AvgIpc) is 2.54. The quantitative estimate of drug-likeness (QED) is 0.802. The fourth-order valence-electron chi connectivity index (χ4n) is 1.85. The Morgan fingerprint density at radius 3 is 2.48 bits per heavy atom. The van der Waals surface area contributed by atoms with Crippen molar-refractivity contribution < 1.29 is 18.3 Å². The number of phenolic OH excluding ortho intramolecular Hbond substituents is 1. The van der Waals surface area contributed by atoms with Crippen LogP contribution in [0.3, 0.4) is 0 Å². The number of aromatic hydroxyl groups is 1. The van der Waals surface area contributed by atoms with Crippen molar-refractivity contribution in [3.8, 4) is 17.6 Å². The summed E-state index contributed by atoms with van der Waals surface area (Å²) in [6.07, 6.45) is 1.24. The van der Waals surface area contributed by atoms with E-state index in [9.17, 15) is 18.8 Å². The van der Waals surface area contributed by atoms with Gasteiger partial charge < -0.3 is 9.84 Å². The summed E-state index contributed by atoms with van der Waals surface area (Å²) in [5.74, 6) is 0.121. The Labute approximate surface area is 142 Å². The molecule has 0 atom stereocenters. The summed E-state index contributed by atoms with van der Waals surface area (Å²) in [5, 5.41) is 18.8. The van der Waals surface area contributed by atoms with Crippen LogP contribution >= 0.6 is 15.9 Å². The topological polar surface area (TPSA) is 87.4 Å². The summed E-state index contributed by atoms with van der Waals surface area (Å²) in [7, 11) is -2.54. The lowest BCUT2D eigenvalue weighted by atomic mass is 10.2. The maximum atomic E-state index is 12.5. The Morgan fingerprint density at radius 2 is 1.91 bits per heavy atom. The van der Waals surface area contributed by atoms with Crippen LogP contribution in [-0.4, -0.2) is 20.6 Å². The summed E-state index contributed by atoms with van der Waals surface area (Å²) >= 11 is 3.23. The number of allylic oxidation sites excluding steroid dienone is 1. The third kappa shape index (κ3) is 3.73. The molecule has 1 N–H and O–H groups in total. The normalized spacial score (nSPS) is 11.8. The van der Waals surface area contributed by atoms with Gasteiger partial charge in [-0.1, -0.05) is 22.0 Å². The lowest BCUT2D eigenvalue weighted by Crippen LogP contribution is -2.03. The molecule has 0 bridgehead atoms. The molecule has 0 fully saturated rings. The van der Waals surface area contributed by atoms with Crippen molar-refractivity contribution in [2.45, 2.75) is 4.90 Å². The Hall–Kier alpha value is -2.30. The van der Waals surface area contributed by atoms with Gasteiger partial charge in [-0.3, -0.25) is 0 Å². The first kappa shape index (κ1) is 17.1. The van der Waals surface area contributed by atoms with Crippen molar-refractivity contribution in [2.24, 2.45) is 0 Å². The zero-order chi connectivity index (χ0) is 17.0. The number of nitrogens with zero attached hydrogens (tertiary/aromatic N) is 1. The molecule has 0 aliphatic heterocycles. The highest BCUT2D eigenvalue weighted by molar-refractivity contribution is 9.10. The Balaban J connectivity index is 2.50. The van der Waals surface area contributed by atoms with E-state index in [1.54, 1.807) is 18.2 Å². The fraction of sp³-hybridized carbons (Fsp3) is 0.0625. The minimum absolute atomic E-state index is 0.0271. The van der Waals surface area contributed by atoms with Crippen LogP contribution < -0.4 is 4.74 Å². The molecule has 118 valence electrons. The van der Waals surface area contributed by atoms with Crippen molar-refractivity contribution in [1.29, 1.82) is 5.26 Å². The van der Waals surface area contributed by atoms with Crippen LogP contribution in [0.15, 0.2) is 56.7 Å². The molecule has 2 rings (SSSR count). The maximum Gasteiger partial charge on any atom is 0.216 e.